The van der Waals surface area contributed by atoms with Crippen LogP contribution >= 0.6 is 22.7 Å². The Morgan fingerprint density at radius 3 is 2.67 bits per heavy atom. The van der Waals surface area contributed by atoms with Crippen molar-refractivity contribution in [1.29, 1.82) is 0 Å². The van der Waals surface area contributed by atoms with Crippen LogP contribution in [0.3, 0.4) is 0 Å². The van der Waals surface area contributed by atoms with Crippen LogP contribution in [0.1, 0.15) is 17.7 Å². The van der Waals surface area contributed by atoms with Gasteiger partial charge in [-0.3, -0.25) is 0 Å². The molecular weight excluding hydrogens is 326 g/mol. The van der Waals surface area contributed by atoms with Crippen molar-refractivity contribution in [3.63, 3.8) is 0 Å². The summed E-state index contributed by atoms with van der Waals surface area (Å²) in [6, 6.07) is 7.35. The van der Waals surface area contributed by atoms with Crippen LogP contribution in [-0.4, -0.2) is 32.0 Å². The van der Waals surface area contributed by atoms with E-state index >= 15 is 0 Å². The molecule has 3 rings (SSSR count). The number of sulfonamides is 1. The van der Waals surface area contributed by atoms with E-state index in [4.69, 9.17) is 4.74 Å². The number of hydrogen-bond acceptors (Lipinski definition) is 5. The maximum atomic E-state index is 12.8. The Bertz CT molecular complexity index is 644. The van der Waals surface area contributed by atoms with Gasteiger partial charge in [-0.15, -0.1) is 22.7 Å². The van der Waals surface area contributed by atoms with Gasteiger partial charge >= 0.3 is 0 Å². The van der Waals surface area contributed by atoms with E-state index in [0.29, 0.717) is 17.3 Å². The molecule has 2 aromatic heterocycles. The average molecular weight is 343 g/mol. The lowest BCUT2D eigenvalue weighted by Gasteiger charge is -2.23. The number of rotatable bonds is 6. The molecule has 0 aromatic carbocycles. The van der Waals surface area contributed by atoms with E-state index in [-0.39, 0.29) is 6.10 Å². The van der Waals surface area contributed by atoms with Gasteiger partial charge in [-0.1, -0.05) is 12.1 Å². The number of ether oxygens (including phenoxy) is 1. The third-order valence-corrected chi connectivity index (χ3v) is 7.48. The van der Waals surface area contributed by atoms with Gasteiger partial charge in [0.1, 0.15) is 4.21 Å². The normalized spacial score (nSPS) is 19.4. The average Bonchev–Trinajstić information content (AvgIpc) is 3.22. The van der Waals surface area contributed by atoms with Gasteiger partial charge in [-0.25, -0.2) is 8.42 Å². The molecule has 0 saturated carbocycles. The first-order valence-electron chi connectivity index (χ1n) is 6.84. The molecule has 4 nitrogen and oxygen atoms in total. The summed E-state index contributed by atoms with van der Waals surface area (Å²) in [4.78, 5) is 1.05. The second kappa shape index (κ2) is 6.58. The van der Waals surface area contributed by atoms with Gasteiger partial charge in [-0.2, -0.15) is 4.31 Å². The van der Waals surface area contributed by atoms with Crippen LogP contribution in [-0.2, 0) is 21.3 Å². The molecule has 1 atom stereocenters. The maximum absolute atomic E-state index is 12.8. The van der Waals surface area contributed by atoms with Crippen LogP contribution in [0.15, 0.2) is 39.2 Å². The summed E-state index contributed by atoms with van der Waals surface area (Å²) < 4.78 is 33.2. The summed E-state index contributed by atoms with van der Waals surface area (Å²) >= 11 is 2.84. The molecule has 1 fully saturated rings. The first-order chi connectivity index (χ1) is 10.2. The molecule has 1 aliphatic heterocycles. The fourth-order valence-electron chi connectivity index (χ4n) is 2.38. The van der Waals surface area contributed by atoms with Crippen LogP contribution in [0, 0.1) is 0 Å². The van der Waals surface area contributed by atoms with Gasteiger partial charge in [-0.05, 0) is 35.7 Å². The van der Waals surface area contributed by atoms with Crippen molar-refractivity contribution in [2.24, 2.45) is 0 Å². The maximum Gasteiger partial charge on any atom is 0.252 e. The standard InChI is InChI=1S/C14H17NO3S3/c16-21(17,14-6-3-9-20-14)15(10-12-4-1-7-18-12)11-13-5-2-8-19-13/h2-3,5-6,8-9,12H,1,4,7,10-11H2/t12-/m1/s1. The van der Waals surface area contributed by atoms with Gasteiger partial charge < -0.3 is 4.74 Å². The highest BCUT2D eigenvalue weighted by atomic mass is 32.2. The van der Waals surface area contributed by atoms with Gasteiger partial charge in [0.15, 0.2) is 0 Å². The first-order valence-corrected chi connectivity index (χ1v) is 10.0. The second-order valence-electron chi connectivity index (χ2n) is 4.94. The minimum atomic E-state index is -3.44. The third-order valence-electron chi connectivity index (χ3n) is 3.43. The molecule has 2 aromatic rings. The monoisotopic (exact) mass is 343 g/mol. The predicted octanol–water partition coefficient (Wildman–Crippen LogP) is 3.18. The zero-order valence-electron chi connectivity index (χ0n) is 11.5. The van der Waals surface area contributed by atoms with Crippen molar-refractivity contribution in [3.8, 4) is 0 Å². The largest absolute Gasteiger partial charge is 0.377 e. The number of hydrogen-bond donors (Lipinski definition) is 0. The molecule has 0 amide bonds. The molecule has 0 bridgehead atoms. The molecule has 1 aliphatic rings. The minimum Gasteiger partial charge on any atom is -0.377 e. The van der Waals surface area contributed by atoms with Crippen molar-refractivity contribution < 1.29 is 13.2 Å². The smallest absolute Gasteiger partial charge is 0.252 e. The van der Waals surface area contributed by atoms with E-state index in [1.807, 2.05) is 17.5 Å². The van der Waals surface area contributed by atoms with E-state index in [1.165, 1.54) is 11.3 Å². The molecular formula is C14H17NO3S3. The summed E-state index contributed by atoms with van der Waals surface area (Å²) in [5.41, 5.74) is 0. The number of thiophene rings is 2. The van der Waals surface area contributed by atoms with Crippen molar-refractivity contribution in [1.82, 2.24) is 4.31 Å². The Hall–Kier alpha value is -0.730. The molecule has 114 valence electrons. The van der Waals surface area contributed by atoms with Crippen molar-refractivity contribution in [3.05, 3.63) is 39.9 Å². The number of nitrogens with zero attached hydrogens (tertiary/aromatic N) is 1. The summed E-state index contributed by atoms with van der Waals surface area (Å²) in [5.74, 6) is 0. The van der Waals surface area contributed by atoms with Gasteiger partial charge in [0.25, 0.3) is 10.0 Å². The van der Waals surface area contributed by atoms with Crippen molar-refractivity contribution in [2.45, 2.75) is 29.7 Å². The summed E-state index contributed by atoms with van der Waals surface area (Å²) in [6.07, 6.45) is 1.96. The summed E-state index contributed by atoms with van der Waals surface area (Å²) in [5, 5.41) is 3.76. The molecule has 0 N–H and O–H groups in total. The zero-order chi connectivity index (χ0) is 14.7. The summed E-state index contributed by atoms with van der Waals surface area (Å²) in [6.45, 7) is 1.58. The highest BCUT2D eigenvalue weighted by Crippen LogP contribution is 2.26. The van der Waals surface area contributed by atoms with Crippen LogP contribution in [0.4, 0.5) is 0 Å². The Kier molecular flexibility index (Phi) is 4.75. The van der Waals surface area contributed by atoms with E-state index in [1.54, 1.807) is 33.2 Å². The van der Waals surface area contributed by atoms with Gasteiger partial charge in [0.05, 0.1) is 6.10 Å². The second-order valence-corrected chi connectivity index (χ2v) is 9.09. The van der Waals surface area contributed by atoms with Crippen LogP contribution < -0.4 is 0 Å². The Morgan fingerprint density at radius 1 is 1.24 bits per heavy atom. The third kappa shape index (κ3) is 3.54. The molecule has 0 aliphatic carbocycles. The van der Waals surface area contributed by atoms with Crippen molar-refractivity contribution >= 4 is 32.7 Å². The Labute approximate surface area is 133 Å². The lowest BCUT2D eigenvalue weighted by atomic mass is 10.2. The summed E-state index contributed by atoms with van der Waals surface area (Å²) in [7, 11) is -3.44. The van der Waals surface area contributed by atoms with Gasteiger partial charge in [0.2, 0.25) is 0 Å². The fraction of sp³-hybridized carbons (Fsp3) is 0.429. The minimum absolute atomic E-state index is 0.0136. The van der Waals surface area contributed by atoms with Crippen LogP contribution in [0.5, 0.6) is 0 Å². The molecule has 0 radical (unpaired) electrons. The van der Waals surface area contributed by atoms with Gasteiger partial charge in [0, 0.05) is 24.6 Å². The molecule has 0 unspecified atom stereocenters. The first kappa shape index (κ1) is 15.2. The van der Waals surface area contributed by atoms with E-state index < -0.39 is 10.0 Å². The van der Waals surface area contributed by atoms with E-state index in [2.05, 4.69) is 0 Å². The highest BCUT2D eigenvalue weighted by Gasteiger charge is 2.30. The molecule has 21 heavy (non-hydrogen) atoms. The van der Waals surface area contributed by atoms with Crippen LogP contribution in [0.2, 0.25) is 0 Å². The molecule has 3 heterocycles. The lowest BCUT2D eigenvalue weighted by Crippen LogP contribution is -2.36. The predicted molar refractivity (Wildman–Crippen MR) is 85.2 cm³/mol. The zero-order valence-corrected chi connectivity index (χ0v) is 13.9. The van der Waals surface area contributed by atoms with Crippen molar-refractivity contribution in [2.75, 3.05) is 13.2 Å². The van der Waals surface area contributed by atoms with Crippen LogP contribution in [0.25, 0.3) is 0 Å². The fourth-order valence-corrected chi connectivity index (χ4v) is 5.77. The Morgan fingerprint density at radius 2 is 2.05 bits per heavy atom. The van der Waals surface area contributed by atoms with E-state index in [0.717, 1.165) is 24.3 Å². The highest BCUT2D eigenvalue weighted by molar-refractivity contribution is 7.91. The Balaban J connectivity index is 1.83. The molecule has 7 heteroatoms. The quantitative estimate of drug-likeness (QED) is 0.809. The lowest BCUT2D eigenvalue weighted by molar-refractivity contribution is 0.0928. The topological polar surface area (TPSA) is 46.6 Å². The molecule has 1 saturated heterocycles. The van der Waals surface area contributed by atoms with E-state index in [9.17, 15) is 8.42 Å². The molecule has 0 spiro atoms. The SMILES string of the molecule is O=S(=O)(c1cccs1)N(Cc1cccs1)C[C@H]1CCCO1.